The molecule has 2 aromatic rings. The monoisotopic (exact) mass is 453 g/mol. The number of hydrogen-bond donors (Lipinski definition) is 3. The molecule has 2 aliphatic rings. The van der Waals surface area contributed by atoms with Crippen LogP contribution in [0.5, 0.6) is 0 Å². The Morgan fingerprint density at radius 2 is 1.78 bits per heavy atom. The number of likely N-dealkylation sites (tertiary alicyclic amines) is 1. The first-order valence-electron chi connectivity index (χ1n) is 10.4. The summed E-state index contributed by atoms with van der Waals surface area (Å²) in [7, 11) is 0. The second-order valence-corrected chi connectivity index (χ2v) is 8.30. The van der Waals surface area contributed by atoms with E-state index >= 15 is 0 Å². The van der Waals surface area contributed by atoms with Crippen molar-refractivity contribution in [3.05, 3.63) is 52.8 Å². The number of aromatic nitrogens is 2. The number of hydrogen-bond acceptors (Lipinski definition) is 7. The van der Waals surface area contributed by atoms with Crippen molar-refractivity contribution >= 4 is 47.0 Å². The summed E-state index contributed by atoms with van der Waals surface area (Å²) in [6, 6.07) is 9.72. The van der Waals surface area contributed by atoms with E-state index in [0.717, 1.165) is 24.8 Å². The molecule has 2 aliphatic heterocycles. The number of rotatable bonds is 3. The van der Waals surface area contributed by atoms with Crippen molar-refractivity contribution in [1.29, 1.82) is 0 Å². The van der Waals surface area contributed by atoms with E-state index in [9.17, 15) is 9.59 Å². The van der Waals surface area contributed by atoms with Gasteiger partial charge in [0.25, 0.3) is 5.91 Å². The van der Waals surface area contributed by atoms with E-state index in [-0.39, 0.29) is 33.9 Å². The molecule has 32 heavy (non-hydrogen) atoms. The lowest BCUT2D eigenvalue weighted by molar-refractivity contribution is -0.127. The number of nitrogens with one attached hydrogen (secondary N) is 1. The van der Waals surface area contributed by atoms with Crippen molar-refractivity contribution in [3.63, 3.8) is 0 Å². The number of nitrogen functional groups attached to an aromatic ring is 2. The molecule has 5 N–H and O–H groups in total. The Kier molecular flexibility index (Phi) is 6.09. The molecule has 0 unspecified atom stereocenters. The zero-order chi connectivity index (χ0) is 22.7. The zero-order valence-corrected chi connectivity index (χ0v) is 18.2. The zero-order valence-electron chi connectivity index (χ0n) is 17.4. The van der Waals surface area contributed by atoms with Crippen LogP contribution in [0.4, 0.5) is 11.6 Å². The Labute approximate surface area is 190 Å². The van der Waals surface area contributed by atoms with Crippen LogP contribution < -0.4 is 16.8 Å². The normalized spacial score (nSPS) is 17.5. The largest absolute Gasteiger partial charge is 0.382 e. The molecule has 1 spiro atoms. The van der Waals surface area contributed by atoms with Crippen LogP contribution in [0.15, 0.2) is 41.4 Å². The number of aliphatic imine (C=N–C) groups is 1. The molecule has 10 heteroatoms. The maximum Gasteiger partial charge on any atom is 0.279 e. The lowest BCUT2D eigenvalue weighted by Gasteiger charge is -2.36. The average Bonchev–Trinajstić information content (AvgIpc) is 3.17. The second-order valence-electron chi connectivity index (χ2n) is 7.94. The second kappa shape index (κ2) is 8.96. The first-order chi connectivity index (χ1) is 15.3. The number of piperidine rings is 1. The Bertz CT molecular complexity index is 1090. The van der Waals surface area contributed by atoms with Crippen LogP contribution in [0, 0.1) is 0 Å². The van der Waals surface area contributed by atoms with Crippen molar-refractivity contribution in [2.45, 2.75) is 31.2 Å². The average molecular weight is 454 g/mol. The van der Waals surface area contributed by atoms with Gasteiger partial charge in [-0.15, -0.1) is 0 Å². The predicted octanol–water partition coefficient (Wildman–Crippen LogP) is 2.29. The molecule has 1 fully saturated rings. The first kappa shape index (κ1) is 21.8. The van der Waals surface area contributed by atoms with E-state index in [1.165, 1.54) is 0 Å². The van der Waals surface area contributed by atoms with Gasteiger partial charge in [0.1, 0.15) is 5.84 Å². The third-order valence-corrected chi connectivity index (χ3v) is 6.08. The molecule has 9 nitrogen and oxygen atoms in total. The van der Waals surface area contributed by atoms with E-state index in [1.54, 1.807) is 6.08 Å². The van der Waals surface area contributed by atoms with Crippen LogP contribution >= 0.6 is 11.6 Å². The molecule has 2 amide bonds. The number of anilines is 2. The molecule has 0 aliphatic carbocycles. The highest BCUT2D eigenvalue weighted by Gasteiger charge is 2.39. The molecule has 0 bridgehead atoms. The van der Waals surface area contributed by atoms with Gasteiger partial charge in [-0.1, -0.05) is 41.9 Å². The fraction of sp³-hybridized carbons (Fsp3) is 0.318. The Balaban J connectivity index is 1.35. The molecule has 1 aromatic carbocycles. The predicted molar refractivity (Wildman–Crippen MR) is 124 cm³/mol. The molecule has 1 aromatic heterocycles. The van der Waals surface area contributed by atoms with Gasteiger partial charge >= 0.3 is 0 Å². The van der Waals surface area contributed by atoms with Gasteiger partial charge in [-0.25, -0.2) is 9.97 Å². The van der Waals surface area contributed by atoms with E-state index in [1.807, 2.05) is 41.3 Å². The van der Waals surface area contributed by atoms with Gasteiger partial charge in [0.2, 0.25) is 5.91 Å². The number of amides is 2. The number of carbonyl (C=O) groups excluding carboxylic acids is 2. The molecule has 1 saturated heterocycles. The maximum absolute atomic E-state index is 12.6. The van der Waals surface area contributed by atoms with E-state index in [2.05, 4.69) is 15.3 Å². The summed E-state index contributed by atoms with van der Waals surface area (Å²) in [5.74, 6) is -0.0707. The summed E-state index contributed by atoms with van der Waals surface area (Å²) in [6.07, 6.45) is 6.36. The van der Waals surface area contributed by atoms with Crippen molar-refractivity contribution in [2.75, 3.05) is 24.6 Å². The van der Waals surface area contributed by atoms with Gasteiger partial charge in [0.05, 0.1) is 5.54 Å². The number of halogens is 1. The molecular formula is C22H24ClN7O2. The van der Waals surface area contributed by atoms with Gasteiger partial charge in [-0.05, 0) is 30.9 Å². The Hall–Kier alpha value is -3.46. The van der Waals surface area contributed by atoms with Crippen LogP contribution in [0.1, 0.15) is 41.7 Å². The summed E-state index contributed by atoms with van der Waals surface area (Å²) in [6.45, 7) is 1.24. The SMILES string of the molecule is Nc1nc(N)c(C(=O)NC2=NC3(CC2)CCN(C(=O)/C=C/c2ccccc2)CC3)nc1Cl. The lowest BCUT2D eigenvalue weighted by Crippen LogP contribution is -2.44. The highest BCUT2D eigenvalue weighted by molar-refractivity contribution is 6.31. The third-order valence-electron chi connectivity index (χ3n) is 5.80. The first-order valence-corrected chi connectivity index (χ1v) is 10.7. The fourth-order valence-electron chi connectivity index (χ4n) is 3.98. The third kappa shape index (κ3) is 4.72. The van der Waals surface area contributed by atoms with Crippen LogP contribution in [0.3, 0.4) is 0 Å². The number of carbonyl (C=O) groups is 2. The summed E-state index contributed by atoms with van der Waals surface area (Å²) >= 11 is 5.86. The molecule has 4 rings (SSSR count). The van der Waals surface area contributed by atoms with E-state index < -0.39 is 5.91 Å². The molecule has 0 atom stereocenters. The summed E-state index contributed by atoms with van der Waals surface area (Å²) < 4.78 is 0. The molecule has 0 radical (unpaired) electrons. The standard InChI is InChI=1S/C22H24ClN7O2/c23-18-20(25)28-19(24)17(27-18)21(32)26-15-8-9-22(29-15)10-12-30(13-11-22)16(31)7-6-14-4-2-1-3-5-14/h1-7H,8-13H2,(H4,24,25,28)(H,26,29,32)/b7-6+. The highest BCUT2D eigenvalue weighted by Crippen LogP contribution is 2.35. The smallest absolute Gasteiger partial charge is 0.279 e. The van der Waals surface area contributed by atoms with E-state index in [0.29, 0.717) is 25.3 Å². The topological polar surface area (TPSA) is 140 Å². The van der Waals surface area contributed by atoms with Crippen molar-refractivity contribution < 1.29 is 9.59 Å². The van der Waals surface area contributed by atoms with Gasteiger partial charge in [0, 0.05) is 25.6 Å². The van der Waals surface area contributed by atoms with Gasteiger partial charge in [-0.2, -0.15) is 0 Å². The molecular weight excluding hydrogens is 430 g/mol. The Morgan fingerprint density at radius 3 is 2.50 bits per heavy atom. The van der Waals surface area contributed by atoms with Crippen LogP contribution in [0.2, 0.25) is 5.15 Å². The van der Waals surface area contributed by atoms with Crippen LogP contribution in [0.25, 0.3) is 6.08 Å². The van der Waals surface area contributed by atoms with Gasteiger partial charge in [0.15, 0.2) is 22.5 Å². The minimum atomic E-state index is -0.522. The summed E-state index contributed by atoms with van der Waals surface area (Å²) in [4.78, 5) is 39.4. The van der Waals surface area contributed by atoms with Crippen LogP contribution in [-0.4, -0.2) is 51.1 Å². The fourth-order valence-corrected chi connectivity index (χ4v) is 4.11. The molecule has 166 valence electrons. The Morgan fingerprint density at radius 1 is 1.06 bits per heavy atom. The minimum absolute atomic E-state index is 0.00603. The molecule has 3 heterocycles. The number of nitrogens with zero attached hydrogens (tertiary/aromatic N) is 4. The lowest BCUT2D eigenvalue weighted by atomic mass is 9.86. The van der Waals surface area contributed by atoms with Crippen LogP contribution in [-0.2, 0) is 4.79 Å². The highest BCUT2D eigenvalue weighted by atomic mass is 35.5. The number of nitrogens with two attached hydrogens (primary N) is 2. The van der Waals surface area contributed by atoms with Gasteiger partial charge in [-0.3, -0.25) is 14.6 Å². The van der Waals surface area contributed by atoms with Crippen molar-refractivity contribution in [3.8, 4) is 0 Å². The minimum Gasteiger partial charge on any atom is -0.382 e. The summed E-state index contributed by atoms with van der Waals surface area (Å²) in [5.41, 5.74) is 11.9. The number of benzene rings is 1. The maximum atomic E-state index is 12.6. The quantitative estimate of drug-likeness (QED) is 0.609. The summed E-state index contributed by atoms with van der Waals surface area (Å²) in [5, 5.41) is 2.69. The van der Waals surface area contributed by atoms with Gasteiger partial charge < -0.3 is 21.7 Å². The van der Waals surface area contributed by atoms with Crippen molar-refractivity contribution in [1.82, 2.24) is 20.2 Å². The molecule has 0 saturated carbocycles. The van der Waals surface area contributed by atoms with E-state index in [4.69, 9.17) is 28.1 Å². The van der Waals surface area contributed by atoms with Crippen molar-refractivity contribution in [2.24, 2.45) is 4.99 Å². The number of amidine groups is 1.